The molecule has 1 N–H and O–H groups in total. The van der Waals surface area contributed by atoms with E-state index in [9.17, 15) is 4.79 Å². The first-order valence-electron chi connectivity index (χ1n) is 7.47. The molecule has 2 heterocycles. The Kier molecular flexibility index (Phi) is 3.90. The molecule has 0 unspecified atom stereocenters. The lowest BCUT2D eigenvalue weighted by atomic mass is 9.96. The predicted molar refractivity (Wildman–Crippen MR) is 84.8 cm³/mol. The average molecular weight is 313 g/mol. The van der Waals surface area contributed by atoms with Crippen molar-refractivity contribution in [3.05, 3.63) is 47.7 Å². The van der Waals surface area contributed by atoms with E-state index in [0.717, 1.165) is 16.5 Å². The van der Waals surface area contributed by atoms with Gasteiger partial charge in [-0.25, -0.2) is 0 Å². The van der Waals surface area contributed by atoms with Gasteiger partial charge in [0.2, 0.25) is 0 Å². The van der Waals surface area contributed by atoms with Gasteiger partial charge < -0.3 is 14.2 Å². The van der Waals surface area contributed by atoms with Crippen molar-refractivity contribution < 1.29 is 14.1 Å². The molecule has 0 saturated carbocycles. The molecule has 0 radical (unpaired) electrons. The lowest BCUT2D eigenvalue weighted by Gasteiger charge is -2.10. The Balaban J connectivity index is 1.61. The SMILES string of the molecule is CC(C)(C)c1noc(COC(=O)Cc2c[nH]c3ccccc23)n1. The number of benzene rings is 1. The van der Waals surface area contributed by atoms with Gasteiger partial charge in [0.1, 0.15) is 0 Å². The molecule has 3 aromatic rings. The molecule has 120 valence electrons. The van der Waals surface area contributed by atoms with Crippen LogP contribution in [0.3, 0.4) is 0 Å². The average Bonchev–Trinajstić information content (AvgIpc) is 3.12. The summed E-state index contributed by atoms with van der Waals surface area (Å²) in [4.78, 5) is 19.4. The second-order valence-corrected chi connectivity index (χ2v) is 6.46. The first kappa shape index (κ1) is 15.3. The van der Waals surface area contributed by atoms with Crippen LogP contribution in [-0.2, 0) is 28.0 Å². The van der Waals surface area contributed by atoms with Crippen LogP contribution in [0.2, 0.25) is 0 Å². The molecular weight excluding hydrogens is 294 g/mol. The second kappa shape index (κ2) is 5.87. The molecule has 3 rings (SSSR count). The summed E-state index contributed by atoms with van der Waals surface area (Å²) in [5.74, 6) is 0.577. The highest BCUT2D eigenvalue weighted by atomic mass is 16.6. The van der Waals surface area contributed by atoms with E-state index < -0.39 is 0 Å². The summed E-state index contributed by atoms with van der Waals surface area (Å²) in [6, 6.07) is 7.83. The van der Waals surface area contributed by atoms with Crippen molar-refractivity contribution in [2.24, 2.45) is 0 Å². The molecule has 0 amide bonds. The fourth-order valence-corrected chi connectivity index (χ4v) is 2.24. The molecule has 0 aliphatic heterocycles. The van der Waals surface area contributed by atoms with Gasteiger partial charge >= 0.3 is 5.97 Å². The summed E-state index contributed by atoms with van der Waals surface area (Å²) < 4.78 is 10.3. The minimum absolute atomic E-state index is 0.00965. The first-order chi connectivity index (χ1) is 10.9. The monoisotopic (exact) mass is 313 g/mol. The Morgan fingerprint density at radius 3 is 2.83 bits per heavy atom. The Labute approximate surface area is 133 Å². The highest BCUT2D eigenvalue weighted by molar-refractivity contribution is 5.87. The number of fused-ring (bicyclic) bond motifs is 1. The molecule has 23 heavy (non-hydrogen) atoms. The Morgan fingerprint density at radius 2 is 2.09 bits per heavy atom. The number of carbonyl (C=O) groups is 1. The largest absolute Gasteiger partial charge is 0.455 e. The van der Waals surface area contributed by atoms with Crippen molar-refractivity contribution >= 4 is 16.9 Å². The highest BCUT2D eigenvalue weighted by Gasteiger charge is 2.21. The van der Waals surface area contributed by atoms with Crippen molar-refractivity contribution in [3.63, 3.8) is 0 Å². The molecule has 0 aliphatic rings. The molecule has 0 spiro atoms. The maximum Gasteiger partial charge on any atom is 0.310 e. The number of aromatic nitrogens is 3. The number of hydrogen-bond acceptors (Lipinski definition) is 5. The van der Waals surface area contributed by atoms with Crippen LogP contribution in [0.25, 0.3) is 10.9 Å². The van der Waals surface area contributed by atoms with E-state index >= 15 is 0 Å². The molecule has 2 aromatic heterocycles. The quantitative estimate of drug-likeness (QED) is 0.748. The number of aromatic amines is 1. The van der Waals surface area contributed by atoms with Crippen molar-refractivity contribution in [2.75, 3.05) is 0 Å². The lowest BCUT2D eigenvalue weighted by molar-refractivity contribution is -0.144. The number of carbonyl (C=O) groups excluding carboxylic acids is 1. The number of esters is 1. The number of rotatable bonds is 4. The van der Waals surface area contributed by atoms with Crippen molar-refractivity contribution in [2.45, 2.75) is 39.2 Å². The fraction of sp³-hybridized carbons (Fsp3) is 0.353. The summed E-state index contributed by atoms with van der Waals surface area (Å²) in [7, 11) is 0. The molecule has 1 aromatic carbocycles. The van der Waals surface area contributed by atoms with E-state index in [1.165, 1.54) is 0 Å². The number of para-hydroxylation sites is 1. The van der Waals surface area contributed by atoms with Crippen LogP contribution in [0.4, 0.5) is 0 Å². The van der Waals surface area contributed by atoms with Crippen molar-refractivity contribution in [1.82, 2.24) is 15.1 Å². The third-order valence-electron chi connectivity index (χ3n) is 3.51. The van der Waals surface area contributed by atoms with Crippen LogP contribution >= 0.6 is 0 Å². The zero-order chi connectivity index (χ0) is 16.4. The smallest absolute Gasteiger partial charge is 0.310 e. The van der Waals surface area contributed by atoms with Gasteiger partial charge in [-0.2, -0.15) is 4.98 Å². The lowest BCUT2D eigenvalue weighted by Crippen LogP contribution is -2.13. The minimum Gasteiger partial charge on any atom is -0.455 e. The zero-order valence-electron chi connectivity index (χ0n) is 13.4. The van der Waals surface area contributed by atoms with Gasteiger partial charge in [-0.15, -0.1) is 0 Å². The van der Waals surface area contributed by atoms with Gasteiger partial charge in [0, 0.05) is 22.5 Å². The standard InChI is InChI=1S/C17H19N3O3/c1-17(2,3)16-19-14(23-20-16)10-22-15(21)8-11-9-18-13-7-5-4-6-12(11)13/h4-7,9,18H,8,10H2,1-3H3. The number of hydrogen-bond donors (Lipinski definition) is 1. The maximum atomic E-state index is 12.0. The van der Waals surface area contributed by atoms with Gasteiger partial charge in [0.05, 0.1) is 6.42 Å². The van der Waals surface area contributed by atoms with Crippen LogP contribution in [0.15, 0.2) is 35.0 Å². The number of ether oxygens (including phenoxy) is 1. The number of H-pyrrole nitrogens is 1. The van der Waals surface area contributed by atoms with Gasteiger partial charge in [0.25, 0.3) is 5.89 Å². The third-order valence-corrected chi connectivity index (χ3v) is 3.51. The van der Waals surface area contributed by atoms with Crippen LogP contribution in [0.1, 0.15) is 38.0 Å². The molecule has 6 nitrogen and oxygen atoms in total. The van der Waals surface area contributed by atoms with Crippen molar-refractivity contribution in [1.29, 1.82) is 0 Å². The Morgan fingerprint density at radius 1 is 1.30 bits per heavy atom. The third kappa shape index (κ3) is 3.41. The van der Waals surface area contributed by atoms with Crippen LogP contribution < -0.4 is 0 Å². The maximum absolute atomic E-state index is 12.0. The second-order valence-electron chi connectivity index (χ2n) is 6.46. The highest BCUT2D eigenvalue weighted by Crippen LogP contribution is 2.20. The van der Waals surface area contributed by atoms with E-state index in [2.05, 4.69) is 15.1 Å². The minimum atomic E-state index is -0.328. The Bertz CT molecular complexity index is 827. The number of nitrogens with one attached hydrogen (secondary N) is 1. The molecule has 0 fully saturated rings. The van der Waals surface area contributed by atoms with E-state index in [4.69, 9.17) is 9.26 Å². The van der Waals surface area contributed by atoms with Gasteiger partial charge in [-0.1, -0.05) is 44.1 Å². The molecular formula is C17H19N3O3. The first-order valence-corrected chi connectivity index (χ1v) is 7.47. The summed E-state index contributed by atoms with van der Waals surface area (Å²) in [6.45, 7) is 5.96. The Hall–Kier alpha value is -2.63. The summed E-state index contributed by atoms with van der Waals surface area (Å²) in [5, 5.41) is 4.92. The number of nitrogens with zero attached hydrogens (tertiary/aromatic N) is 2. The fourth-order valence-electron chi connectivity index (χ4n) is 2.24. The molecule has 0 aliphatic carbocycles. The van der Waals surface area contributed by atoms with Gasteiger partial charge in [-0.05, 0) is 11.6 Å². The van der Waals surface area contributed by atoms with Gasteiger partial charge in [0.15, 0.2) is 12.4 Å². The zero-order valence-corrected chi connectivity index (χ0v) is 13.4. The van der Waals surface area contributed by atoms with E-state index in [-0.39, 0.29) is 24.4 Å². The van der Waals surface area contributed by atoms with E-state index in [1.54, 1.807) is 0 Å². The molecule has 0 atom stereocenters. The summed E-state index contributed by atoms with van der Waals surface area (Å²) in [5.41, 5.74) is 1.71. The van der Waals surface area contributed by atoms with E-state index in [0.29, 0.717) is 11.7 Å². The van der Waals surface area contributed by atoms with Crippen LogP contribution in [0.5, 0.6) is 0 Å². The van der Waals surface area contributed by atoms with Crippen molar-refractivity contribution in [3.8, 4) is 0 Å². The molecule has 6 heteroatoms. The molecule has 0 bridgehead atoms. The molecule has 0 saturated heterocycles. The summed E-state index contributed by atoms with van der Waals surface area (Å²) >= 11 is 0. The topological polar surface area (TPSA) is 81.0 Å². The predicted octanol–water partition coefficient (Wildman–Crippen LogP) is 3.13. The van der Waals surface area contributed by atoms with Crippen LogP contribution in [0, 0.1) is 0 Å². The van der Waals surface area contributed by atoms with Gasteiger partial charge in [-0.3, -0.25) is 4.79 Å². The normalized spacial score (nSPS) is 11.8. The van der Waals surface area contributed by atoms with E-state index in [1.807, 2.05) is 51.2 Å². The van der Waals surface area contributed by atoms with Crippen LogP contribution in [-0.4, -0.2) is 21.1 Å². The summed E-state index contributed by atoms with van der Waals surface area (Å²) in [6.07, 6.45) is 2.03.